The van der Waals surface area contributed by atoms with Crippen LogP contribution in [0.25, 0.3) is 0 Å². The number of nitrogens with zero attached hydrogens (tertiary/aromatic N) is 1. The van der Waals surface area contributed by atoms with Crippen LogP contribution in [0.4, 0.5) is 16.2 Å². The number of rotatable bonds is 4. The third-order valence-electron chi connectivity index (χ3n) is 4.69. The Morgan fingerprint density at radius 3 is 2.14 bits per heavy atom. The van der Waals surface area contributed by atoms with Gasteiger partial charge in [-0.25, -0.2) is 10.2 Å². The molecule has 3 aromatic carbocycles. The van der Waals surface area contributed by atoms with E-state index in [0.717, 1.165) is 24.1 Å². The number of hydrazone groups is 1. The maximum atomic E-state index is 12.4. The van der Waals surface area contributed by atoms with Gasteiger partial charge in [-0.05, 0) is 54.8 Å². The maximum Gasteiger partial charge on any atom is 0.323 e. The lowest BCUT2D eigenvalue weighted by Crippen LogP contribution is -2.20. The lowest BCUT2D eigenvalue weighted by Gasteiger charge is -2.08. The van der Waals surface area contributed by atoms with Crippen molar-refractivity contribution in [1.29, 1.82) is 0 Å². The number of fused-ring (bicyclic) bond motifs is 1. The smallest absolute Gasteiger partial charge is 0.308 e. The summed E-state index contributed by atoms with van der Waals surface area (Å²) in [5.41, 5.74) is 7.62. The summed E-state index contributed by atoms with van der Waals surface area (Å²) < 4.78 is 0. The second kappa shape index (κ2) is 8.39. The summed E-state index contributed by atoms with van der Waals surface area (Å²) in [6, 6.07) is 23.6. The number of para-hydroxylation sites is 1. The van der Waals surface area contributed by atoms with Gasteiger partial charge in [0.1, 0.15) is 0 Å². The van der Waals surface area contributed by atoms with E-state index < -0.39 is 0 Å². The summed E-state index contributed by atoms with van der Waals surface area (Å²) in [7, 11) is 0. The van der Waals surface area contributed by atoms with Crippen LogP contribution >= 0.6 is 0 Å². The molecule has 0 aromatic heterocycles. The zero-order chi connectivity index (χ0) is 20.1. The molecule has 3 amide bonds. The van der Waals surface area contributed by atoms with Crippen LogP contribution in [0.2, 0.25) is 0 Å². The number of hydrogen-bond acceptors (Lipinski definition) is 3. The molecule has 4 rings (SSSR count). The van der Waals surface area contributed by atoms with E-state index in [0.29, 0.717) is 16.9 Å². The predicted octanol–water partition coefficient (Wildman–Crippen LogP) is 4.41. The molecule has 0 atom stereocenters. The fraction of sp³-hybridized carbons (Fsp3) is 0.0870. The SMILES string of the molecule is O=C(Nc1ccccc1)Nc1ccc(C(=O)N/N=C2/CCc3ccccc32)cc1. The molecule has 144 valence electrons. The minimum Gasteiger partial charge on any atom is -0.308 e. The highest BCUT2D eigenvalue weighted by molar-refractivity contribution is 6.05. The van der Waals surface area contributed by atoms with Gasteiger partial charge >= 0.3 is 6.03 Å². The third-order valence-corrected chi connectivity index (χ3v) is 4.69. The van der Waals surface area contributed by atoms with Gasteiger partial charge in [0, 0.05) is 22.5 Å². The molecule has 0 saturated carbocycles. The number of nitrogens with one attached hydrogen (secondary N) is 3. The summed E-state index contributed by atoms with van der Waals surface area (Å²) in [6.45, 7) is 0. The molecule has 6 heteroatoms. The average Bonchev–Trinajstić information content (AvgIpc) is 3.16. The molecule has 29 heavy (non-hydrogen) atoms. The summed E-state index contributed by atoms with van der Waals surface area (Å²) in [5, 5.41) is 9.77. The van der Waals surface area contributed by atoms with Crippen molar-refractivity contribution in [3.8, 4) is 0 Å². The van der Waals surface area contributed by atoms with Gasteiger partial charge in [0.25, 0.3) is 5.91 Å². The number of carbonyl (C=O) groups excluding carboxylic acids is 2. The highest BCUT2D eigenvalue weighted by atomic mass is 16.2. The van der Waals surface area contributed by atoms with E-state index in [1.807, 2.05) is 36.4 Å². The van der Waals surface area contributed by atoms with Crippen LogP contribution in [-0.2, 0) is 6.42 Å². The Morgan fingerprint density at radius 2 is 1.38 bits per heavy atom. The molecule has 3 aromatic rings. The third kappa shape index (κ3) is 4.50. The van der Waals surface area contributed by atoms with Crippen LogP contribution in [0, 0.1) is 0 Å². The van der Waals surface area contributed by atoms with E-state index in [1.54, 1.807) is 36.4 Å². The van der Waals surface area contributed by atoms with E-state index in [9.17, 15) is 9.59 Å². The number of anilines is 2. The Bertz CT molecular complexity index is 1060. The van der Waals surface area contributed by atoms with Gasteiger partial charge in [-0.2, -0.15) is 5.10 Å². The second-order valence-electron chi connectivity index (χ2n) is 6.68. The van der Waals surface area contributed by atoms with E-state index in [1.165, 1.54) is 5.56 Å². The summed E-state index contributed by atoms with van der Waals surface area (Å²) in [6.07, 6.45) is 1.76. The fourth-order valence-corrected chi connectivity index (χ4v) is 3.23. The van der Waals surface area contributed by atoms with Crippen molar-refractivity contribution in [2.24, 2.45) is 5.10 Å². The zero-order valence-electron chi connectivity index (χ0n) is 15.7. The summed E-state index contributed by atoms with van der Waals surface area (Å²) >= 11 is 0. The van der Waals surface area contributed by atoms with E-state index in [2.05, 4.69) is 27.2 Å². The van der Waals surface area contributed by atoms with Crippen LogP contribution in [0.5, 0.6) is 0 Å². The lowest BCUT2D eigenvalue weighted by atomic mass is 10.1. The number of amides is 3. The number of hydrogen-bond donors (Lipinski definition) is 3. The molecule has 0 fully saturated rings. The minimum absolute atomic E-state index is 0.290. The van der Waals surface area contributed by atoms with Gasteiger partial charge in [-0.15, -0.1) is 0 Å². The standard InChI is InChI=1S/C23H20N4O2/c28-22(27-26-21-15-12-16-6-4-5-9-20(16)21)17-10-13-19(14-11-17)25-23(29)24-18-7-2-1-3-8-18/h1-11,13-14H,12,15H2,(H,27,28)(H2,24,25,29)/b26-21-. The van der Waals surface area contributed by atoms with E-state index >= 15 is 0 Å². The molecule has 0 unspecified atom stereocenters. The topological polar surface area (TPSA) is 82.6 Å². The first-order valence-electron chi connectivity index (χ1n) is 9.37. The number of benzene rings is 3. The van der Waals surface area contributed by atoms with Gasteiger partial charge in [0.05, 0.1) is 5.71 Å². The molecule has 0 spiro atoms. The van der Waals surface area contributed by atoms with Crippen LogP contribution < -0.4 is 16.1 Å². The van der Waals surface area contributed by atoms with E-state index in [4.69, 9.17) is 0 Å². The molecule has 1 aliphatic rings. The zero-order valence-corrected chi connectivity index (χ0v) is 15.7. The highest BCUT2D eigenvalue weighted by Gasteiger charge is 2.17. The molecule has 1 aliphatic carbocycles. The average molecular weight is 384 g/mol. The molecular formula is C23H20N4O2. The van der Waals surface area contributed by atoms with Crippen molar-refractivity contribution < 1.29 is 9.59 Å². The van der Waals surface area contributed by atoms with Crippen molar-refractivity contribution in [2.75, 3.05) is 10.6 Å². The lowest BCUT2D eigenvalue weighted by molar-refractivity contribution is 0.0955. The van der Waals surface area contributed by atoms with Gasteiger partial charge in [0.2, 0.25) is 0 Å². The van der Waals surface area contributed by atoms with Crippen molar-refractivity contribution in [3.05, 3.63) is 95.6 Å². The fourth-order valence-electron chi connectivity index (χ4n) is 3.23. The van der Waals surface area contributed by atoms with Gasteiger partial charge in [-0.3, -0.25) is 4.79 Å². The predicted molar refractivity (Wildman–Crippen MR) is 114 cm³/mol. The number of urea groups is 1. The quantitative estimate of drug-likeness (QED) is 0.582. The first-order chi connectivity index (χ1) is 14.2. The Labute approximate surface area is 168 Å². The van der Waals surface area contributed by atoms with Crippen LogP contribution in [0.15, 0.2) is 84.0 Å². The molecule has 6 nitrogen and oxygen atoms in total. The van der Waals surface area contributed by atoms with Crippen molar-refractivity contribution in [3.63, 3.8) is 0 Å². The van der Waals surface area contributed by atoms with Gasteiger partial charge in [0.15, 0.2) is 0 Å². The van der Waals surface area contributed by atoms with Crippen molar-refractivity contribution in [1.82, 2.24) is 5.43 Å². The largest absolute Gasteiger partial charge is 0.323 e. The van der Waals surface area contributed by atoms with Crippen LogP contribution in [0.3, 0.4) is 0 Å². The monoisotopic (exact) mass is 384 g/mol. The minimum atomic E-state index is -0.347. The van der Waals surface area contributed by atoms with Gasteiger partial charge in [-0.1, -0.05) is 42.5 Å². The maximum absolute atomic E-state index is 12.4. The van der Waals surface area contributed by atoms with Crippen molar-refractivity contribution >= 4 is 29.0 Å². The summed E-state index contributed by atoms with van der Waals surface area (Å²) in [5.74, 6) is -0.290. The number of aryl methyl sites for hydroxylation is 1. The van der Waals surface area contributed by atoms with Gasteiger partial charge < -0.3 is 10.6 Å². The first kappa shape index (κ1) is 18.4. The van der Waals surface area contributed by atoms with Crippen LogP contribution in [0.1, 0.15) is 27.9 Å². The second-order valence-corrected chi connectivity index (χ2v) is 6.68. The normalized spacial score (nSPS) is 13.6. The molecule has 0 radical (unpaired) electrons. The Balaban J connectivity index is 1.35. The first-order valence-corrected chi connectivity index (χ1v) is 9.37. The molecule has 0 bridgehead atoms. The molecular weight excluding hydrogens is 364 g/mol. The van der Waals surface area contributed by atoms with Crippen LogP contribution in [-0.4, -0.2) is 17.6 Å². The Hall–Kier alpha value is -3.93. The molecule has 0 saturated heterocycles. The Morgan fingerprint density at radius 1 is 0.724 bits per heavy atom. The molecule has 0 heterocycles. The Kier molecular flexibility index (Phi) is 5.33. The van der Waals surface area contributed by atoms with E-state index in [-0.39, 0.29) is 11.9 Å². The molecule has 3 N–H and O–H groups in total. The summed E-state index contributed by atoms with van der Waals surface area (Å²) in [4.78, 5) is 24.4. The highest BCUT2D eigenvalue weighted by Crippen LogP contribution is 2.21. The number of carbonyl (C=O) groups is 2. The molecule has 0 aliphatic heterocycles. The van der Waals surface area contributed by atoms with Crippen molar-refractivity contribution in [2.45, 2.75) is 12.8 Å².